The van der Waals surface area contributed by atoms with Crippen molar-refractivity contribution in [2.75, 3.05) is 11.9 Å². The number of carbonyl (C=O) groups excluding carboxylic acids is 3. The Kier molecular flexibility index (Phi) is 4.64. The molecule has 2 aliphatic rings. The van der Waals surface area contributed by atoms with Crippen molar-refractivity contribution in [3.05, 3.63) is 29.6 Å². The SMILES string of the molecule is Cc1ccc(NC(=O)CCN2C(=O)[C@@H]3CCCC[C@H]3C2=O)c(F)c1. The number of hydrogen-bond donors (Lipinski definition) is 1. The van der Waals surface area contributed by atoms with Gasteiger partial charge in [0.1, 0.15) is 5.82 Å². The topological polar surface area (TPSA) is 66.5 Å². The number of amides is 3. The molecule has 1 N–H and O–H groups in total. The molecule has 128 valence electrons. The first kappa shape index (κ1) is 16.6. The average molecular weight is 332 g/mol. The van der Waals surface area contributed by atoms with Gasteiger partial charge in [-0.05, 0) is 37.5 Å². The number of nitrogens with zero attached hydrogens (tertiary/aromatic N) is 1. The molecule has 1 saturated carbocycles. The molecular weight excluding hydrogens is 311 g/mol. The molecule has 0 bridgehead atoms. The highest BCUT2D eigenvalue weighted by Crippen LogP contribution is 2.37. The average Bonchev–Trinajstić information content (AvgIpc) is 2.80. The first-order valence-corrected chi connectivity index (χ1v) is 8.38. The molecule has 24 heavy (non-hydrogen) atoms. The molecule has 0 aromatic heterocycles. The summed E-state index contributed by atoms with van der Waals surface area (Å²) < 4.78 is 13.7. The first-order valence-electron chi connectivity index (χ1n) is 8.38. The molecule has 0 spiro atoms. The number of aryl methyl sites for hydroxylation is 1. The lowest BCUT2D eigenvalue weighted by atomic mass is 9.81. The van der Waals surface area contributed by atoms with E-state index in [1.807, 2.05) is 0 Å². The molecule has 1 aliphatic heterocycles. The quantitative estimate of drug-likeness (QED) is 0.862. The summed E-state index contributed by atoms with van der Waals surface area (Å²) in [5, 5.41) is 2.49. The number of hydrogen-bond acceptors (Lipinski definition) is 3. The molecule has 1 heterocycles. The van der Waals surface area contributed by atoms with Gasteiger partial charge in [-0.25, -0.2) is 4.39 Å². The number of halogens is 1. The summed E-state index contributed by atoms with van der Waals surface area (Å²) in [6.45, 7) is 1.82. The third-order valence-corrected chi connectivity index (χ3v) is 4.89. The molecule has 1 aromatic rings. The lowest BCUT2D eigenvalue weighted by Gasteiger charge is -2.19. The van der Waals surface area contributed by atoms with Crippen molar-refractivity contribution in [1.29, 1.82) is 0 Å². The predicted octanol–water partition coefficient (Wildman–Crippen LogP) is 2.64. The van der Waals surface area contributed by atoms with Crippen molar-refractivity contribution < 1.29 is 18.8 Å². The molecule has 3 rings (SSSR count). The minimum atomic E-state index is -0.498. The highest BCUT2D eigenvalue weighted by molar-refractivity contribution is 6.05. The standard InChI is InChI=1S/C18H21FN2O3/c1-11-6-7-15(14(19)10-11)20-16(22)8-9-21-17(23)12-4-2-3-5-13(12)18(21)24/h6-7,10,12-13H,2-5,8-9H2,1H3,(H,20,22)/t12-,13-/m1/s1. The van der Waals surface area contributed by atoms with Crippen molar-refractivity contribution in [2.45, 2.75) is 39.0 Å². The summed E-state index contributed by atoms with van der Waals surface area (Å²) in [7, 11) is 0. The van der Waals surface area contributed by atoms with Gasteiger partial charge in [-0.15, -0.1) is 0 Å². The van der Waals surface area contributed by atoms with Crippen molar-refractivity contribution in [1.82, 2.24) is 4.90 Å². The van der Waals surface area contributed by atoms with E-state index < -0.39 is 11.7 Å². The fourth-order valence-electron chi connectivity index (χ4n) is 3.60. The van der Waals surface area contributed by atoms with Crippen LogP contribution in [0.5, 0.6) is 0 Å². The third kappa shape index (κ3) is 3.18. The Labute approximate surface area is 140 Å². The number of carbonyl (C=O) groups is 3. The Bertz CT molecular complexity index is 665. The zero-order chi connectivity index (χ0) is 17.3. The van der Waals surface area contributed by atoms with E-state index in [1.165, 1.54) is 17.0 Å². The van der Waals surface area contributed by atoms with Crippen LogP contribution in [0.25, 0.3) is 0 Å². The van der Waals surface area contributed by atoms with E-state index in [0.29, 0.717) is 0 Å². The summed E-state index contributed by atoms with van der Waals surface area (Å²) in [4.78, 5) is 37.9. The normalized spacial score (nSPS) is 23.3. The van der Waals surface area contributed by atoms with E-state index in [0.717, 1.165) is 31.2 Å². The second-order valence-corrected chi connectivity index (χ2v) is 6.61. The van der Waals surface area contributed by atoms with E-state index in [-0.39, 0.29) is 42.3 Å². The van der Waals surface area contributed by atoms with Crippen molar-refractivity contribution >= 4 is 23.4 Å². The summed E-state index contributed by atoms with van der Waals surface area (Å²) >= 11 is 0. The number of fused-ring (bicyclic) bond motifs is 1. The molecule has 3 amide bonds. The molecule has 1 aliphatic carbocycles. The van der Waals surface area contributed by atoms with E-state index in [4.69, 9.17) is 0 Å². The van der Waals surface area contributed by atoms with Crippen LogP contribution >= 0.6 is 0 Å². The molecule has 1 saturated heterocycles. The van der Waals surface area contributed by atoms with Gasteiger partial charge in [-0.2, -0.15) is 0 Å². The highest BCUT2D eigenvalue weighted by atomic mass is 19.1. The Morgan fingerprint density at radius 2 is 1.83 bits per heavy atom. The number of anilines is 1. The van der Waals surface area contributed by atoms with Crippen molar-refractivity contribution in [3.63, 3.8) is 0 Å². The van der Waals surface area contributed by atoms with Gasteiger partial charge in [-0.3, -0.25) is 19.3 Å². The van der Waals surface area contributed by atoms with Crippen LogP contribution in [-0.4, -0.2) is 29.2 Å². The van der Waals surface area contributed by atoms with Gasteiger partial charge < -0.3 is 5.32 Å². The summed E-state index contributed by atoms with van der Waals surface area (Å²) in [6.07, 6.45) is 3.44. The van der Waals surface area contributed by atoms with Gasteiger partial charge in [0.15, 0.2) is 0 Å². The number of benzene rings is 1. The Morgan fingerprint density at radius 1 is 1.21 bits per heavy atom. The Hall–Kier alpha value is -2.24. The van der Waals surface area contributed by atoms with Crippen LogP contribution in [0.1, 0.15) is 37.7 Å². The molecule has 5 nitrogen and oxygen atoms in total. The molecular formula is C18H21FN2O3. The van der Waals surface area contributed by atoms with Gasteiger partial charge >= 0.3 is 0 Å². The highest BCUT2D eigenvalue weighted by Gasteiger charge is 2.47. The molecule has 2 fully saturated rings. The number of nitrogens with one attached hydrogen (secondary N) is 1. The molecule has 0 unspecified atom stereocenters. The van der Waals surface area contributed by atoms with E-state index in [1.54, 1.807) is 13.0 Å². The van der Waals surface area contributed by atoms with Gasteiger partial charge in [0.05, 0.1) is 17.5 Å². The lowest BCUT2D eigenvalue weighted by molar-refractivity contribution is -0.140. The molecule has 6 heteroatoms. The fourth-order valence-corrected chi connectivity index (χ4v) is 3.60. The van der Waals surface area contributed by atoms with Gasteiger partial charge in [-0.1, -0.05) is 18.9 Å². The first-order chi connectivity index (χ1) is 11.5. The molecule has 0 radical (unpaired) electrons. The smallest absolute Gasteiger partial charge is 0.233 e. The number of imide groups is 1. The maximum absolute atomic E-state index is 13.7. The second kappa shape index (κ2) is 6.71. The molecule has 1 aromatic carbocycles. The van der Waals surface area contributed by atoms with Crippen LogP contribution in [0.3, 0.4) is 0 Å². The van der Waals surface area contributed by atoms with E-state index in [2.05, 4.69) is 5.32 Å². The Balaban J connectivity index is 1.58. The lowest BCUT2D eigenvalue weighted by Crippen LogP contribution is -2.34. The Morgan fingerprint density at radius 3 is 2.42 bits per heavy atom. The number of rotatable bonds is 4. The maximum atomic E-state index is 13.7. The minimum Gasteiger partial charge on any atom is -0.324 e. The van der Waals surface area contributed by atoms with Crippen molar-refractivity contribution in [2.24, 2.45) is 11.8 Å². The van der Waals surface area contributed by atoms with Crippen LogP contribution in [0.2, 0.25) is 0 Å². The van der Waals surface area contributed by atoms with E-state index >= 15 is 0 Å². The zero-order valence-corrected chi connectivity index (χ0v) is 13.7. The largest absolute Gasteiger partial charge is 0.324 e. The van der Waals surface area contributed by atoms with Gasteiger partial charge in [0.2, 0.25) is 17.7 Å². The maximum Gasteiger partial charge on any atom is 0.233 e. The third-order valence-electron chi connectivity index (χ3n) is 4.89. The number of likely N-dealkylation sites (tertiary alicyclic amines) is 1. The van der Waals surface area contributed by atoms with Gasteiger partial charge in [0, 0.05) is 13.0 Å². The summed E-state index contributed by atoms with van der Waals surface area (Å²) in [5.41, 5.74) is 0.875. The van der Waals surface area contributed by atoms with Crippen LogP contribution < -0.4 is 5.32 Å². The minimum absolute atomic E-state index is 0.0236. The fraction of sp³-hybridized carbons (Fsp3) is 0.500. The van der Waals surface area contributed by atoms with E-state index in [9.17, 15) is 18.8 Å². The summed E-state index contributed by atoms with van der Waals surface area (Å²) in [6, 6.07) is 4.55. The van der Waals surface area contributed by atoms with Crippen LogP contribution in [0.15, 0.2) is 18.2 Å². The molecule has 2 atom stereocenters. The van der Waals surface area contributed by atoms with Crippen LogP contribution in [0.4, 0.5) is 10.1 Å². The summed E-state index contributed by atoms with van der Waals surface area (Å²) in [5.74, 6) is -1.62. The van der Waals surface area contributed by atoms with Crippen molar-refractivity contribution in [3.8, 4) is 0 Å². The van der Waals surface area contributed by atoms with Crippen LogP contribution in [0, 0.1) is 24.6 Å². The van der Waals surface area contributed by atoms with Gasteiger partial charge in [0.25, 0.3) is 0 Å². The van der Waals surface area contributed by atoms with Crippen LogP contribution in [-0.2, 0) is 14.4 Å². The zero-order valence-electron chi connectivity index (χ0n) is 13.7. The monoisotopic (exact) mass is 332 g/mol. The predicted molar refractivity (Wildman–Crippen MR) is 86.6 cm³/mol. The second-order valence-electron chi connectivity index (χ2n) is 6.61.